The highest BCUT2D eigenvalue weighted by molar-refractivity contribution is 5.15. The minimum atomic E-state index is -0.771. The standard InChI is InChI=1S/C15H24O/c1-6-15(5,16)10-13-9-12(4)7-8-14(13)11(2)3/h6,9,13-14,16H,1-2,7-8,10H2,3-5H3. The average Bonchev–Trinajstić information content (AvgIpc) is 2.16. The average molecular weight is 220 g/mol. The van der Waals surface area contributed by atoms with Crippen molar-refractivity contribution in [1.29, 1.82) is 0 Å². The van der Waals surface area contributed by atoms with Gasteiger partial charge in [0.2, 0.25) is 0 Å². The fraction of sp³-hybridized carbons (Fsp3) is 0.600. The van der Waals surface area contributed by atoms with Crippen LogP contribution < -0.4 is 0 Å². The topological polar surface area (TPSA) is 20.2 Å². The van der Waals surface area contributed by atoms with Gasteiger partial charge in [-0.05, 0) is 51.9 Å². The molecule has 1 aliphatic carbocycles. The molecule has 0 radical (unpaired) electrons. The third-order valence-corrected chi connectivity index (χ3v) is 3.59. The zero-order valence-electron chi connectivity index (χ0n) is 10.8. The van der Waals surface area contributed by atoms with E-state index in [1.165, 1.54) is 11.1 Å². The van der Waals surface area contributed by atoms with Crippen LogP contribution in [0, 0.1) is 11.8 Å². The van der Waals surface area contributed by atoms with Crippen LogP contribution in [0.25, 0.3) is 0 Å². The van der Waals surface area contributed by atoms with Crippen molar-refractivity contribution in [2.45, 2.75) is 45.6 Å². The Morgan fingerprint density at radius 3 is 2.81 bits per heavy atom. The zero-order chi connectivity index (χ0) is 12.3. The molecule has 1 heteroatoms. The Hall–Kier alpha value is -0.820. The summed E-state index contributed by atoms with van der Waals surface area (Å²) in [5.41, 5.74) is 1.89. The van der Waals surface area contributed by atoms with Gasteiger partial charge in [0.05, 0.1) is 5.60 Å². The Kier molecular flexibility index (Phi) is 4.15. The van der Waals surface area contributed by atoms with Crippen LogP contribution in [0.2, 0.25) is 0 Å². The summed E-state index contributed by atoms with van der Waals surface area (Å²) in [6, 6.07) is 0. The highest BCUT2D eigenvalue weighted by Crippen LogP contribution is 2.37. The highest BCUT2D eigenvalue weighted by Gasteiger charge is 2.29. The fourth-order valence-electron chi connectivity index (χ4n) is 2.54. The maximum absolute atomic E-state index is 10.1. The van der Waals surface area contributed by atoms with E-state index in [1.54, 1.807) is 6.08 Å². The van der Waals surface area contributed by atoms with E-state index in [0.717, 1.165) is 19.3 Å². The van der Waals surface area contributed by atoms with E-state index >= 15 is 0 Å². The van der Waals surface area contributed by atoms with Gasteiger partial charge < -0.3 is 5.11 Å². The molecule has 0 aromatic carbocycles. The first-order chi connectivity index (χ1) is 7.35. The lowest BCUT2D eigenvalue weighted by atomic mass is 9.73. The third kappa shape index (κ3) is 3.34. The van der Waals surface area contributed by atoms with Crippen LogP contribution in [0.4, 0.5) is 0 Å². The largest absolute Gasteiger partial charge is 0.386 e. The molecule has 3 unspecified atom stereocenters. The van der Waals surface area contributed by atoms with Crippen molar-refractivity contribution in [2.75, 3.05) is 0 Å². The maximum Gasteiger partial charge on any atom is 0.0802 e. The van der Waals surface area contributed by atoms with Crippen LogP contribution >= 0.6 is 0 Å². The van der Waals surface area contributed by atoms with Gasteiger partial charge in [-0.3, -0.25) is 0 Å². The summed E-state index contributed by atoms with van der Waals surface area (Å²) in [6.45, 7) is 13.9. The molecule has 0 aromatic rings. The zero-order valence-corrected chi connectivity index (χ0v) is 10.8. The fourth-order valence-corrected chi connectivity index (χ4v) is 2.54. The maximum atomic E-state index is 10.1. The predicted octanol–water partition coefficient (Wildman–Crippen LogP) is 3.86. The smallest absolute Gasteiger partial charge is 0.0802 e. The molecule has 16 heavy (non-hydrogen) atoms. The van der Waals surface area contributed by atoms with Crippen molar-refractivity contribution in [3.05, 3.63) is 36.5 Å². The first-order valence-electron chi connectivity index (χ1n) is 6.04. The van der Waals surface area contributed by atoms with E-state index in [2.05, 4.69) is 33.1 Å². The normalized spacial score (nSPS) is 29.1. The van der Waals surface area contributed by atoms with Gasteiger partial charge in [-0.25, -0.2) is 0 Å². The number of hydrogen-bond acceptors (Lipinski definition) is 1. The first-order valence-corrected chi connectivity index (χ1v) is 6.04. The molecule has 1 aliphatic rings. The van der Waals surface area contributed by atoms with Gasteiger partial charge >= 0.3 is 0 Å². The second-order valence-corrected chi connectivity index (χ2v) is 5.43. The molecule has 1 rings (SSSR count). The van der Waals surface area contributed by atoms with Gasteiger partial charge in [0, 0.05) is 0 Å². The quantitative estimate of drug-likeness (QED) is 0.713. The van der Waals surface area contributed by atoms with E-state index in [-0.39, 0.29) is 0 Å². The van der Waals surface area contributed by atoms with Crippen LogP contribution in [-0.4, -0.2) is 10.7 Å². The highest BCUT2D eigenvalue weighted by atomic mass is 16.3. The lowest BCUT2D eigenvalue weighted by molar-refractivity contribution is 0.0799. The molecule has 0 bridgehead atoms. The van der Waals surface area contributed by atoms with Crippen LogP contribution in [0.1, 0.15) is 40.0 Å². The number of rotatable bonds is 4. The minimum absolute atomic E-state index is 0.402. The van der Waals surface area contributed by atoms with Crippen LogP contribution in [0.15, 0.2) is 36.5 Å². The van der Waals surface area contributed by atoms with Crippen LogP contribution in [0.3, 0.4) is 0 Å². The Bertz CT molecular complexity index is 309. The van der Waals surface area contributed by atoms with Crippen molar-refractivity contribution in [1.82, 2.24) is 0 Å². The monoisotopic (exact) mass is 220 g/mol. The van der Waals surface area contributed by atoms with E-state index < -0.39 is 5.60 Å². The second-order valence-electron chi connectivity index (χ2n) is 5.43. The molecular formula is C15H24O. The van der Waals surface area contributed by atoms with Crippen molar-refractivity contribution in [3.8, 4) is 0 Å². The molecular weight excluding hydrogens is 196 g/mol. The molecule has 0 saturated heterocycles. The second kappa shape index (κ2) is 5.01. The summed E-state index contributed by atoms with van der Waals surface area (Å²) in [6.07, 6.45) is 7.01. The number of allylic oxidation sites excluding steroid dienone is 3. The Labute approximate surface area is 99.6 Å². The molecule has 0 aromatic heterocycles. The molecule has 1 nitrogen and oxygen atoms in total. The summed E-state index contributed by atoms with van der Waals surface area (Å²) < 4.78 is 0. The SMILES string of the molecule is C=CC(C)(O)CC1C=C(C)CCC1C(=C)C. The minimum Gasteiger partial charge on any atom is -0.386 e. The summed E-state index contributed by atoms with van der Waals surface area (Å²) in [5, 5.41) is 10.1. The van der Waals surface area contributed by atoms with Gasteiger partial charge in [0.15, 0.2) is 0 Å². The molecule has 3 atom stereocenters. The molecule has 0 amide bonds. The third-order valence-electron chi connectivity index (χ3n) is 3.59. The van der Waals surface area contributed by atoms with E-state index in [1.807, 2.05) is 6.92 Å². The predicted molar refractivity (Wildman–Crippen MR) is 70.2 cm³/mol. The molecule has 90 valence electrons. The molecule has 1 N–H and O–H groups in total. The molecule has 0 aliphatic heterocycles. The summed E-state index contributed by atoms with van der Waals surface area (Å²) in [4.78, 5) is 0. The van der Waals surface area contributed by atoms with Gasteiger partial charge in [-0.2, -0.15) is 0 Å². The molecule has 0 spiro atoms. The van der Waals surface area contributed by atoms with Crippen molar-refractivity contribution >= 4 is 0 Å². The van der Waals surface area contributed by atoms with E-state index in [4.69, 9.17) is 0 Å². The molecule has 0 saturated carbocycles. The Balaban J connectivity index is 2.84. The van der Waals surface area contributed by atoms with Crippen molar-refractivity contribution in [2.24, 2.45) is 11.8 Å². The van der Waals surface area contributed by atoms with Crippen molar-refractivity contribution in [3.63, 3.8) is 0 Å². The van der Waals surface area contributed by atoms with Crippen molar-refractivity contribution < 1.29 is 5.11 Å². The number of aliphatic hydroxyl groups is 1. The summed E-state index contributed by atoms with van der Waals surface area (Å²) in [5.74, 6) is 0.911. The van der Waals surface area contributed by atoms with Gasteiger partial charge in [-0.15, -0.1) is 6.58 Å². The Morgan fingerprint density at radius 2 is 2.31 bits per heavy atom. The lowest BCUT2D eigenvalue weighted by Gasteiger charge is -2.34. The summed E-state index contributed by atoms with van der Waals surface area (Å²) >= 11 is 0. The summed E-state index contributed by atoms with van der Waals surface area (Å²) in [7, 11) is 0. The van der Waals surface area contributed by atoms with Gasteiger partial charge in [0.25, 0.3) is 0 Å². The first kappa shape index (κ1) is 13.2. The van der Waals surface area contributed by atoms with Gasteiger partial charge in [0.1, 0.15) is 0 Å². The number of hydrogen-bond donors (Lipinski definition) is 1. The molecule has 0 heterocycles. The Morgan fingerprint density at radius 1 is 1.69 bits per heavy atom. The molecule has 0 fully saturated rings. The van der Waals surface area contributed by atoms with Crippen LogP contribution in [-0.2, 0) is 0 Å². The van der Waals surface area contributed by atoms with E-state index in [0.29, 0.717) is 11.8 Å². The van der Waals surface area contributed by atoms with Gasteiger partial charge in [-0.1, -0.05) is 29.9 Å². The van der Waals surface area contributed by atoms with Crippen LogP contribution in [0.5, 0.6) is 0 Å². The lowest BCUT2D eigenvalue weighted by Crippen LogP contribution is -2.29. The van der Waals surface area contributed by atoms with E-state index in [9.17, 15) is 5.11 Å².